The molecular weight excluding hydrogens is 132 g/mol. The molecule has 7 heteroatoms. The third-order valence-corrected chi connectivity index (χ3v) is 0.556. The zero-order valence-electron chi connectivity index (χ0n) is 4.26. The third kappa shape index (κ3) is 3.35. The van der Waals surface area contributed by atoms with Gasteiger partial charge in [-0.3, -0.25) is 20.2 Å². The van der Waals surface area contributed by atoms with E-state index in [1.165, 1.54) is 0 Å². The number of nitrogens with zero attached hydrogens (tertiary/aromatic N) is 2. The van der Waals surface area contributed by atoms with Crippen LogP contribution in [0, 0.1) is 20.2 Å². The molecule has 52 valence electrons. The van der Waals surface area contributed by atoms with Gasteiger partial charge in [-0.1, -0.05) is 0 Å². The quantitative estimate of drug-likeness (QED) is 0.299. The molecular formula is C2H4N2O5. The average Bonchev–Trinajstić information content (AvgIpc) is 1.63. The van der Waals surface area contributed by atoms with E-state index in [4.69, 9.17) is 5.11 Å². The molecule has 0 fully saturated rings. The molecule has 1 atom stereocenters. The summed E-state index contributed by atoms with van der Waals surface area (Å²) in [7, 11) is 0. The summed E-state index contributed by atoms with van der Waals surface area (Å²) >= 11 is 0. The van der Waals surface area contributed by atoms with E-state index in [1.54, 1.807) is 0 Å². The highest BCUT2D eigenvalue weighted by atomic mass is 16.7. The van der Waals surface area contributed by atoms with Crippen LogP contribution in [0.25, 0.3) is 0 Å². The largest absolute Gasteiger partial charge is 0.377 e. The SMILES string of the molecule is O=[N+]([O-])CC(O)[N+](=O)[O-]. The third-order valence-electron chi connectivity index (χ3n) is 0.556. The smallest absolute Gasteiger partial charge is 0.328 e. The lowest BCUT2D eigenvalue weighted by Gasteiger charge is -1.93. The molecule has 0 saturated carbocycles. The summed E-state index contributed by atoms with van der Waals surface area (Å²) < 4.78 is 0. The summed E-state index contributed by atoms with van der Waals surface area (Å²) in [4.78, 5) is 16.9. The number of hydrogen-bond donors (Lipinski definition) is 1. The Hall–Kier alpha value is -1.24. The van der Waals surface area contributed by atoms with Gasteiger partial charge in [-0.05, 0) is 0 Å². The minimum Gasteiger partial charge on any atom is -0.328 e. The lowest BCUT2D eigenvalue weighted by molar-refractivity contribution is -0.625. The second kappa shape index (κ2) is 2.92. The first-order valence-corrected chi connectivity index (χ1v) is 1.97. The maximum atomic E-state index is 9.49. The Bertz CT molecular complexity index is 133. The highest BCUT2D eigenvalue weighted by Gasteiger charge is 2.21. The fourth-order valence-corrected chi connectivity index (χ4v) is 0.200. The number of aliphatic hydroxyl groups excluding tert-OH is 1. The number of rotatable bonds is 3. The number of hydrogen-bond acceptors (Lipinski definition) is 5. The summed E-state index contributed by atoms with van der Waals surface area (Å²) in [5, 5.41) is 27.1. The highest BCUT2D eigenvalue weighted by Crippen LogP contribution is 1.82. The Morgan fingerprint density at radius 1 is 1.44 bits per heavy atom. The molecule has 1 unspecified atom stereocenters. The van der Waals surface area contributed by atoms with Crippen LogP contribution in [0.3, 0.4) is 0 Å². The van der Waals surface area contributed by atoms with Gasteiger partial charge >= 0.3 is 6.23 Å². The Morgan fingerprint density at radius 2 is 1.89 bits per heavy atom. The molecule has 7 nitrogen and oxygen atoms in total. The van der Waals surface area contributed by atoms with Gasteiger partial charge in [-0.15, -0.1) is 0 Å². The average molecular weight is 136 g/mol. The highest BCUT2D eigenvalue weighted by molar-refractivity contribution is 4.31. The molecule has 0 aliphatic rings. The second-order valence-corrected chi connectivity index (χ2v) is 1.28. The molecule has 0 aliphatic heterocycles. The molecule has 0 aliphatic carbocycles. The summed E-state index contributed by atoms with van der Waals surface area (Å²) in [6.07, 6.45) is -2.08. The van der Waals surface area contributed by atoms with Gasteiger partial charge in [0.15, 0.2) is 0 Å². The standard InChI is InChI=1S/C2H4N2O5/c5-2(4(8)9)1-3(6)7/h2,5H,1H2. The van der Waals surface area contributed by atoms with E-state index in [2.05, 4.69) is 0 Å². The molecule has 0 amide bonds. The van der Waals surface area contributed by atoms with Crippen molar-refractivity contribution >= 4 is 0 Å². The zero-order valence-corrected chi connectivity index (χ0v) is 4.26. The molecule has 1 N–H and O–H groups in total. The monoisotopic (exact) mass is 136 g/mol. The van der Waals surface area contributed by atoms with Crippen molar-refractivity contribution in [2.24, 2.45) is 0 Å². The summed E-state index contributed by atoms with van der Waals surface area (Å²) in [6, 6.07) is 0. The summed E-state index contributed by atoms with van der Waals surface area (Å²) in [5.41, 5.74) is 0. The van der Waals surface area contributed by atoms with Gasteiger partial charge in [-0.2, -0.15) is 0 Å². The molecule has 0 aromatic heterocycles. The van der Waals surface area contributed by atoms with Crippen molar-refractivity contribution in [2.75, 3.05) is 6.54 Å². The lowest BCUT2D eigenvalue weighted by atomic mass is 10.6. The summed E-state index contributed by atoms with van der Waals surface area (Å²) in [6.45, 7) is -1.05. The van der Waals surface area contributed by atoms with Crippen molar-refractivity contribution < 1.29 is 15.0 Å². The maximum absolute atomic E-state index is 9.49. The molecule has 0 saturated heterocycles. The van der Waals surface area contributed by atoms with Gasteiger partial charge in [0.1, 0.15) is 0 Å². The first-order chi connectivity index (χ1) is 4.04. The van der Waals surface area contributed by atoms with Crippen molar-refractivity contribution in [1.29, 1.82) is 0 Å². The van der Waals surface area contributed by atoms with Gasteiger partial charge in [0.05, 0.1) is 4.92 Å². The predicted octanol–water partition coefficient (Wildman–Crippen LogP) is -1.14. The van der Waals surface area contributed by atoms with E-state index in [-0.39, 0.29) is 0 Å². The van der Waals surface area contributed by atoms with E-state index < -0.39 is 22.6 Å². The van der Waals surface area contributed by atoms with E-state index in [0.29, 0.717) is 0 Å². The molecule has 9 heavy (non-hydrogen) atoms. The van der Waals surface area contributed by atoms with Gasteiger partial charge < -0.3 is 5.11 Å². The fourth-order valence-electron chi connectivity index (χ4n) is 0.200. The van der Waals surface area contributed by atoms with Crippen LogP contribution in [0.15, 0.2) is 0 Å². The molecule has 0 radical (unpaired) electrons. The second-order valence-electron chi connectivity index (χ2n) is 1.28. The summed E-state index contributed by atoms with van der Waals surface area (Å²) in [5.74, 6) is 0. The molecule has 0 aromatic carbocycles. The van der Waals surface area contributed by atoms with Crippen LogP contribution >= 0.6 is 0 Å². The Labute approximate surface area is 49.2 Å². The van der Waals surface area contributed by atoms with Crippen molar-refractivity contribution in [3.05, 3.63) is 20.2 Å². The van der Waals surface area contributed by atoms with Crippen LogP contribution in [-0.4, -0.2) is 27.7 Å². The number of nitro groups is 2. The van der Waals surface area contributed by atoms with E-state index in [1.807, 2.05) is 0 Å². The lowest BCUT2D eigenvalue weighted by Crippen LogP contribution is -2.27. The van der Waals surface area contributed by atoms with Crippen molar-refractivity contribution in [1.82, 2.24) is 0 Å². The first kappa shape index (κ1) is 7.76. The van der Waals surface area contributed by atoms with Crippen LogP contribution in [0.4, 0.5) is 0 Å². The Kier molecular flexibility index (Phi) is 2.52. The molecule has 0 rings (SSSR count). The first-order valence-electron chi connectivity index (χ1n) is 1.97. The van der Waals surface area contributed by atoms with Gasteiger partial charge in [0.2, 0.25) is 0 Å². The normalized spacial score (nSPS) is 12.6. The molecule has 0 aromatic rings. The van der Waals surface area contributed by atoms with Crippen molar-refractivity contribution in [2.45, 2.75) is 6.23 Å². The van der Waals surface area contributed by atoms with Gasteiger partial charge in [0, 0.05) is 4.92 Å². The zero-order chi connectivity index (χ0) is 7.44. The van der Waals surface area contributed by atoms with Gasteiger partial charge in [-0.25, -0.2) is 0 Å². The predicted molar refractivity (Wildman–Crippen MR) is 24.9 cm³/mol. The minimum absolute atomic E-state index is 0.951. The molecule has 0 bridgehead atoms. The van der Waals surface area contributed by atoms with E-state index >= 15 is 0 Å². The van der Waals surface area contributed by atoms with E-state index in [0.717, 1.165) is 0 Å². The minimum atomic E-state index is -2.08. The van der Waals surface area contributed by atoms with Crippen LogP contribution in [0.2, 0.25) is 0 Å². The fraction of sp³-hybridized carbons (Fsp3) is 1.00. The van der Waals surface area contributed by atoms with Crippen LogP contribution in [-0.2, 0) is 0 Å². The van der Waals surface area contributed by atoms with Crippen molar-refractivity contribution in [3.8, 4) is 0 Å². The molecule has 0 spiro atoms. The Balaban J connectivity index is 3.63. The Morgan fingerprint density at radius 3 is 2.00 bits per heavy atom. The van der Waals surface area contributed by atoms with E-state index in [9.17, 15) is 20.2 Å². The van der Waals surface area contributed by atoms with Gasteiger partial charge in [0.25, 0.3) is 6.54 Å². The van der Waals surface area contributed by atoms with Crippen LogP contribution in [0.5, 0.6) is 0 Å². The number of aliphatic hydroxyl groups is 1. The maximum Gasteiger partial charge on any atom is 0.377 e. The topological polar surface area (TPSA) is 107 Å². The van der Waals surface area contributed by atoms with Crippen molar-refractivity contribution in [3.63, 3.8) is 0 Å². The van der Waals surface area contributed by atoms with Crippen LogP contribution < -0.4 is 0 Å². The molecule has 0 heterocycles. The van der Waals surface area contributed by atoms with Crippen LogP contribution in [0.1, 0.15) is 0 Å².